The highest BCUT2D eigenvalue weighted by Crippen LogP contribution is 2.27. The van der Waals surface area contributed by atoms with Gasteiger partial charge in [-0.2, -0.15) is 0 Å². The molecule has 0 aliphatic heterocycles. The zero-order chi connectivity index (χ0) is 20.8. The van der Waals surface area contributed by atoms with Crippen LogP contribution in [-0.2, 0) is 11.2 Å². The van der Waals surface area contributed by atoms with Crippen molar-refractivity contribution in [2.75, 3.05) is 25.6 Å². The van der Waals surface area contributed by atoms with E-state index in [1.807, 2.05) is 13.1 Å². The molecule has 0 unspecified atom stereocenters. The normalized spacial score (nSPS) is 11.2. The number of fused-ring (bicyclic) bond motifs is 1. The van der Waals surface area contributed by atoms with Gasteiger partial charge in [0.15, 0.2) is 0 Å². The third kappa shape index (κ3) is 5.05. The Morgan fingerprint density at radius 3 is 2.83 bits per heavy atom. The van der Waals surface area contributed by atoms with Crippen LogP contribution in [0.3, 0.4) is 0 Å². The van der Waals surface area contributed by atoms with Gasteiger partial charge in [0.2, 0.25) is 0 Å². The van der Waals surface area contributed by atoms with Crippen LogP contribution in [0.25, 0.3) is 5.65 Å². The maximum Gasteiger partial charge on any atom is 0.280 e. The standard InChI is InChI=1S/C20H22F2N4O3/c1-3-29-17-10-18-23-13(6-5-9-28-2)11-26(18)12-16(17)25-20(27)15-8-4-7-14(24-15)19(21)22/h4,7-8,10-12,19H,3,5-6,9H2,1-2H3,(H,25,27). The first kappa shape index (κ1) is 20.7. The number of ether oxygens (including phenoxy) is 2. The minimum absolute atomic E-state index is 0.101. The van der Waals surface area contributed by atoms with Crippen molar-refractivity contribution in [3.8, 4) is 5.75 Å². The van der Waals surface area contributed by atoms with E-state index < -0.39 is 18.0 Å². The van der Waals surface area contributed by atoms with Crippen molar-refractivity contribution in [3.05, 3.63) is 53.7 Å². The summed E-state index contributed by atoms with van der Waals surface area (Å²) in [5, 5.41) is 2.69. The zero-order valence-corrected chi connectivity index (χ0v) is 16.2. The van der Waals surface area contributed by atoms with Crippen LogP contribution in [0.15, 0.2) is 36.7 Å². The molecule has 3 aromatic rings. The van der Waals surface area contributed by atoms with Gasteiger partial charge in [-0.3, -0.25) is 4.79 Å². The lowest BCUT2D eigenvalue weighted by Crippen LogP contribution is -2.16. The fraction of sp³-hybridized carbons (Fsp3) is 0.350. The Morgan fingerprint density at radius 1 is 1.28 bits per heavy atom. The average Bonchev–Trinajstić information content (AvgIpc) is 3.10. The topological polar surface area (TPSA) is 77.8 Å². The molecule has 0 spiro atoms. The molecule has 0 atom stereocenters. The molecule has 3 heterocycles. The summed E-state index contributed by atoms with van der Waals surface area (Å²) in [5.74, 6) is -0.166. The van der Waals surface area contributed by atoms with Gasteiger partial charge in [0.25, 0.3) is 12.3 Å². The number of nitrogens with zero attached hydrogens (tertiary/aromatic N) is 3. The zero-order valence-electron chi connectivity index (χ0n) is 16.2. The monoisotopic (exact) mass is 404 g/mol. The molecule has 29 heavy (non-hydrogen) atoms. The SMILES string of the molecule is CCOc1cc2nc(CCCOC)cn2cc1NC(=O)c1cccc(C(F)F)n1. The predicted octanol–water partition coefficient (Wildman–Crippen LogP) is 3.90. The molecule has 0 aromatic carbocycles. The maximum absolute atomic E-state index is 12.9. The molecule has 154 valence electrons. The van der Waals surface area contributed by atoms with Gasteiger partial charge in [0.05, 0.1) is 12.3 Å². The van der Waals surface area contributed by atoms with Gasteiger partial charge in [0, 0.05) is 32.2 Å². The van der Waals surface area contributed by atoms with Crippen LogP contribution in [0, 0.1) is 0 Å². The molecule has 7 nitrogen and oxygen atoms in total. The Balaban J connectivity index is 1.87. The molecule has 0 radical (unpaired) electrons. The number of hydrogen-bond acceptors (Lipinski definition) is 5. The van der Waals surface area contributed by atoms with Crippen molar-refractivity contribution in [2.45, 2.75) is 26.2 Å². The Kier molecular flexibility index (Phi) is 6.71. The second-order valence-corrected chi connectivity index (χ2v) is 6.28. The van der Waals surface area contributed by atoms with Gasteiger partial charge in [-0.05, 0) is 31.9 Å². The molecule has 9 heteroatoms. The van der Waals surface area contributed by atoms with E-state index in [9.17, 15) is 13.6 Å². The molecule has 0 bridgehead atoms. The molecule has 1 amide bonds. The number of methoxy groups -OCH3 is 1. The van der Waals surface area contributed by atoms with Crippen LogP contribution in [0.1, 0.15) is 41.6 Å². The lowest BCUT2D eigenvalue weighted by Gasteiger charge is -2.12. The molecule has 0 aliphatic carbocycles. The van der Waals surface area contributed by atoms with Crippen molar-refractivity contribution in [1.82, 2.24) is 14.4 Å². The van der Waals surface area contributed by atoms with E-state index in [2.05, 4.69) is 15.3 Å². The maximum atomic E-state index is 12.9. The summed E-state index contributed by atoms with van der Waals surface area (Å²) in [4.78, 5) is 20.8. The predicted molar refractivity (Wildman–Crippen MR) is 104 cm³/mol. The van der Waals surface area contributed by atoms with E-state index in [1.165, 1.54) is 18.2 Å². The van der Waals surface area contributed by atoms with Gasteiger partial charge in [-0.15, -0.1) is 0 Å². The molecule has 0 saturated heterocycles. The number of alkyl halides is 2. The summed E-state index contributed by atoms with van der Waals surface area (Å²) in [7, 11) is 1.65. The lowest BCUT2D eigenvalue weighted by molar-refractivity contribution is 0.101. The minimum Gasteiger partial charge on any atom is -0.491 e. The molecular formula is C20H22F2N4O3. The van der Waals surface area contributed by atoms with Crippen LogP contribution < -0.4 is 10.1 Å². The second-order valence-electron chi connectivity index (χ2n) is 6.28. The Labute approximate surface area is 166 Å². The number of pyridine rings is 2. The number of amides is 1. The van der Waals surface area contributed by atoms with Crippen LogP contribution in [-0.4, -0.2) is 40.6 Å². The number of aryl methyl sites for hydroxylation is 1. The summed E-state index contributed by atoms with van der Waals surface area (Å²) >= 11 is 0. The van der Waals surface area contributed by atoms with E-state index in [0.717, 1.165) is 18.5 Å². The van der Waals surface area contributed by atoms with Crippen LogP contribution in [0.4, 0.5) is 14.5 Å². The quantitative estimate of drug-likeness (QED) is 0.548. The van der Waals surface area contributed by atoms with Crippen molar-refractivity contribution < 1.29 is 23.0 Å². The molecule has 0 saturated carbocycles. The first-order chi connectivity index (χ1) is 14.0. The summed E-state index contributed by atoms with van der Waals surface area (Å²) in [6.45, 7) is 2.86. The van der Waals surface area contributed by atoms with Gasteiger partial charge in [0.1, 0.15) is 28.5 Å². The van der Waals surface area contributed by atoms with E-state index >= 15 is 0 Å². The van der Waals surface area contributed by atoms with E-state index in [4.69, 9.17) is 9.47 Å². The van der Waals surface area contributed by atoms with E-state index in [-0.39, 0.29) is 5.69 Å². The van der Waals surface area contributed by atoms with Gasteiger partial charge < -0.3 is 19.2 Å². The second kappa shape index (κ2) is 9.42. The molecule has 1 N–H and O–H groups in total. The largest absolute Gasteiger partial charge is 0.491 e. The fourth-order valence-electron chi connectivity index (χ4n) is 2.84. The lowest BCUT2D eigenvalue weighted by atomic mass is 10.2. The number of carbonyl (C=O) groups is 1. The highest BCUT2D eigenvalue weighted by molar-refractivity contribution is 6.03. The first-order valence-electron chi connectivity index (χ1n) is 9.21. The Hall–Kier alpha value is -3.07. The third-order valence-corrected chi connectivity index (χ3v) is 4.16. The van der Waals surface area contributed by atoms with E-state index in [1.54, 1.807) is 23.8 Å². The first-order valence-corrected chi connectivity index (χ1v) is 9.21. The van der Waals surface area contributed by atoms with Gasteiger partial charge >= 0.3 is 0 Å². The average molecular weight is 404 g/mol. The van der Waals surface area contributed by atoms with Crippen molar-refractivity contribution in [1.29, 1.82) is 0 Å². The van der Waals surface area contributed by atoms with Crippen molar-refractivity contribution in [3.63, 3.8) is 0 Å². The highest BCUT2D eigenvalue weighted by Gasteiger charge is 2.16. The number of hydrogen-bond donors (Lipinski definition) is 1. The summed E-state index contributed by atoms with van der Waals surface area (Å²) in [6.07, 6.45) is 2.40. The number of anilines is 1. The summed E-state index contributed by atoms with van der Waals surface area (Å²) < 4.78 is 38.2. The van der Waals surface area contributed by atoms with Crippen molar-refractivity contribution >= 4 is 17.2 Å². The summed E-state index contributed by atoms with van der Waals surface area (Å²) in [5.41, 5.74) is 1.41. The van der Waals surface area contributed by atoms with Crippen molar-refractivity contribution in [2.24, 2.45) is 0 Å². The summed E-state index contributed by atoms with van der Waals surface area (Å²) in [6, 6.07) is 5.65. The molecular weight excluding hydrogens is 382 g/mol. The minimum atomic E-state index is -2.75. The van der Waals surface area contributed by atoms with Gasteiger partial charge in [-0.25, -0.2) is 18.7 Å². The number of imidazole rings is 1. The Bertz CT molecular complexity index is 991. The molecule has 3 aromatic heterocycles. The Morgan fingerprint density at radius 2 is 2.10 bits per heavy atom. The number of aromatic nitrogens is 3. The number of halogens is 2. The number of nitrogens with one attached hydrogen (secondary N) is 1. The third-order valence-electron chi connectivity index (χ3n) is 4.16. The van der Waals surface area contributed by atoms with Crippen LogP contribution >= 0.6 is 0 Å². The molecule has 0 fully saturated rings. The molecule has 3 rings (SSSR count). The highest BCUT2D eigenvalue weighted by atomic mass is 19.3. The van der Waals surface area contributed by atoms with Gasteiger partial charge in [-0.1, -0.05) is 6.07 Å². The smallest absolute Gasteiger partial charge is 0.280 e. The fourth-order valence-corrected chi connectivity index (χ4v) is 2.84. The van der Waals surface area contributed by atoms with Crippen LogP contribution in [0.2, 0.25) is 0 Å². The van der Waals surface area contributed by atoms with E-state index in [0.29, 0.717) is 30.3 Å². The van der Waals surface area contributed by atoms with Crippen LogP contribution in [0.5, 0.6) is 5.75 Å². The number of rotatable bonds is 9. The molecule has 0 aliphatic rings. The number of carbonyl (C=O) groups excluding carboxylic acids is 1.